The lowest BCUT2D eigenvalue weighted by Crippen LogP contribution is -2.05. The topological polar surface area (TPSA) is 98.3 Å². The van der Waals surface area contributed by atoms with Crippen LogP contribution < -0.4 is 5.73 Å². The second-order valence-electron chi connectivity index (χ2n) is 7.24. The zero-order valence-electron chi connectivity index (χ0n) is 15.0. The minimum absolute atomic E-state index is 0.452. The highest BCUT2D eigenvalue weighted by Crippen LogP contribution is 2.23. The number of aromatic nitrogens is 6. The molecular weight excluding hydrogens is 338 g/mol. The first-order valence-electron chi connectivity index (χ1n) is 9.32. The summed E-state index contributed by atoms with van der Waals surface area (Å²) in [5, 5.41) is 15.4. The summed E-state index contributed by atoms with van der Waals surface area (Å²) in [6.45, 7) is 0.783. The number of rotatable bonds is 4. The molecule has 1 aromatic carbocycles. The molecule has 1 aliphatic carbocycles. The highest BCUT2D eigenvalue weighted by molar-refractivity contribution is 5.76. The molecule has 7 heteroatoms. The normalized spacial score (nSPS) is 13.8. The fourth-order valence-electron chi connectivity index (χ4n) is 3.93. The van der Waals surface area contributed by atoms with Gasteiger partial charge in [0.2, 0.25) is 5.65 Å². The number of nitrogens with one attached hydrogen (secondary N) is 1. The van der Waals surface area contributed by atoms with Gasteiger partial charge in [-0.05, 0) is 59.6 Å². The minimum Gasteiger partial charge on any atom is -0.384 e. The summed E-state index contributed by atoms with van der Waals surface area (Å²) in [5.41, 5.74) is 13.6. The van der Waals surface area contributed by atoms with Crippen LogP contribution in [0.2, 0.25) is 0 Å². The molecule has 3 N–H and O–H groups in total. The van der Waals surface area contributed by atoms with Crippen LogP contribution in [0.15, 0.2) is 36.7 Å². The molecule has 0 aliphatic heterocycles. The maximum Gasteiger partial charge on any atom is 0.203 e. The van der Waals surface area contributed by atoms with E-state index in [1.165, 1.54) is 42.4 Å². The molecule has 0 amide bonds. The third-order valence-electron chi connectivity index (χ3n) is 5.23. The largest absolute Gasteiger partial charge is 0.384 e. The van der Waals surface area contributed by atoms with Gasteiger partial charge in [-0.15, -0.1) is 5.10 Å². The third kappa shape index (κ3) is 3.16. The molecule has 4 aromatic rings. The molecular formula is C20H21N7. The van der Waals surface area contributed by atoms with Crippen molar-refractivity contribution in [2.75, 3.05) is 5.73 Å². The Morgan fingerprint density at radius 1 is 1.04 bits per heavy atom. The molecule has 1 aliphatic rings. The zero-order valence-corrected chi connectivity index (χ0v) is 15.0. The summed E-state index contributed by atoms with van der Waals surface area (Å²) in [5.74, 6) is 0.452. The Bertz CT molecular complexity index is 1110. The number of aryl methyl sites for hydroxylation is 2. The summed E-state index contributed by atoms with van der Waals surface area (Å²) < 4.78 is 1.99. The van der Waals surface area contributed by atoms with Crippen LogP contribution in [0.4, 0.5) is 5.82 Å². The first-order valence-corrected chi connectivity index (χ1v) is 9.32. The molecule has 136 valence electrons. The number of benzene rings is 1. The number of nitrogens with two attached hydrogens (primary N) is 1. The number of hydrogen-bond donors (Lipinski definition) is 2. The molecule has 0 saturated carbocycles. The molecule has 7 nitrogen and oxygen atoms in total. The molecule has 27 heavy (non-hydrogen) atoms. The van der Waals surface area contributed by atoms with E-state index in [4.69, 9.17) is 5.73 Å². The quantitative estimate of drug-likeness (QED) is 0.584. The van der Waals surface area contributed by atoms with Crippen molar-refractivity contribution in [2.45, 2.75) is 38.6 Å². The van der Waals surface area contributed by atoms with Gasteiger partial charge in [-0.25, -0.2) is 4.98 Å². The molecule has 0 fully saturated rings. The van der Waals surface area contributed by atoms with E-state index in [0.29, 0.717) is 17.9 Å². The van der Waals surface area contributed by atoms with Gasteiger partial charge in [-0.2, -0.15) is 15.4 Å². The first-order chi connectivity index (χ1) is 13.2. The van der Waals surface area contributed by atoms with Crippen molar-refractivity contribution in [2.24, 2.45) is 0 Å². The van der Waals surface area contributed by atoms with Crippen LogP contribution in [0, 0.1) is 0 Å². The van der Waals surface area contributed by atoms with E-state index in [9.17, 15) is 0 Å². The maximum atomic E-state index is 5.89. The van der Waals surface area contributed by atoms with Gasteiger partial charge >= 0.3 is 0 Å². The van der Waals surface area contributed by atoms with Crippen LogP contribution in [-0.4, -0.2) is 30.2 Å². The number of hydrogen-bond acceptors (Lipinski definition) is 5. The fraction of sp³-hybridized carbons (Fsp3) is 0.300. The molecule has 3 heterocycles. The van der Waals surface area contributed by atoms with E-state index in [1.54, 1.807) is 0 Å². The standard InChI is InChI=1S/C20H21N7/c21-18-9-17(19-20(23-18)25-26-24-19)8-14-10-22-27(12-14)11-13-5-6-15-3-1-2-4-16(15)7-13/h5-7,9-10,12H,1-4,8,11H2,(H3,21,23,24,25,26). The SMILES string of the molecule is Nc1cc(Cc2cnn(Cc3ccc4c(c3)CCCC4)c2)c2n[nH]nc2n1. The number of nitrogens with zero attached hydrogens (tertiary/aromatic N) is 5. The Hall–Kier alpha value is -3.22. The average Bonchev–Trinajstić information content (AvgIpc) is 3.31. The van der Waals surface area contributed by atoms with E-state index < -0.39 is 0 Å². The van der Waals surface area contributed by atoms with Crippen molar-refractivity contribution in [3.8, 4) is 0 Å². The Balaban J connectivity index is 1.36. The number of fused-ring (bicyclic) bond motifs is 2. The number of anilines is 1. The van der Waals surface area contributed by atoms with Gasteiger partial charge in [0.05, 0.1) is 12.7 Å². The molecule has 0 radical (unpaired) electrons. The first kappa shape index (κ1) is 16.0. The lowest BCUT2D eigenvalue weighted by Gasteiger charge is -2.16. The predicted octanol–water partition coefficient (Wildman–Crippen LogP) is 2.65. The third-order valence-corrected chi connectivity index (χ3v) is 5.23. The minimum atomic E-state index is 0.452. The predicted molar refractivity (Wildman–Crippen MR) is 103 cm³/mol. The van der Waals surface area contributed by atoms with Crippen molar-refractivity contribution in [3.63, 3.8) is 0 Å². The summed E-state index contributed by atoms with van der Waals surface area (Å²) in [7, 11) is 0. The monoisotopic (exact) mass is 359 g/mol. The highest BCUT2D eigenvalue weighted by Gasteiger charge is 2.12. The van der Waals surface area contributed by atoms with Gasteiger partial charge in [0, 0.05) is 12.6 Å². The second-order valence-corrected chi connectivity index (χ2v) is 7.24. The van der Waals surface area contributed by atoms with Crippen LogP contribution in [0.5, 0.6) is 0 Å². The van der Waals surface area contributed by atoms with Gasteiger partial charge in [0.25, 0.3) is 0 Å². The van der Waals surface area contributed by atoms with Gasteiger partial charge in [0.15, 0.2) is 0 Å². The van der Waals surface area contributed by atoms with E-state index in [0.717, 1.165) is 23.2 Å². The van der Waals surface area contributed by atoms with Crippen molar-refractivity contribution in [3.05, 3.63) is 64.5 Å². The molecule has 0 bridgehead atoms. The Morgan fingerprint density at radius 2 is 1.93 bits per heavy atom. The van der Waals surface area contributed by atoms with Gasteiger partial charge in [-0.3, -0.25) is 4.68 Å². The molecule has 3 aromatic heterocycles. The zero-order chi connectivity index (χ0) is 18.2. The summed E-state index contributed by atoms with van der Waals surface area (Å²) >= 11 is 0. The van der Waals surface area contributed by atoms with E-state index >= 15 is 0 Å². The highest BCUT2D eigenvalue weighted by atomic mass is 15.3. The Kier molecular flexibility index (Phi) is 3.85. The molecule has 0 atom stereocenters. The smallest absolute Gasteiger partial charge is 0.203 e. The fourth-order valence-corrected chi connectivity index (χ4v) is 3.93. The van der Waals surface area contributed by atoms with Crippen molar-refractivity contribution >= 4 is 17.0 Å². The van der Waals surface area contributed by atoms with Crippen LogP contribution in [0.1, 0.15) is 40.7 Å². The van der Waals surface area contributed by atoms with E-state index in [1.807, 2.05) is 16.9 Å². The molecule has 0 unspecified atom stereocenters. The van der Waals surface area contributed by atoms with Crippen LogP contribution >= 0.6 is 0 Å². The van der Waals surface area contributed by atoms with Crippen LogP contribution in [0.25, 0.3) is 11.2 Å². The number of pyridine rings is 1. The summed E-state index contributed by atoms with van der Waals surface area (Å²) in [6, 6.07) is 8.72. The van der Waals surface area contributed by atoms with Crippen molar-refractivity contribution in [1.82, 2.24) is 30.2 Å². The van der Waals surface area contributed by atoms with Crippen LogP contribution in [0.3, 0.4) is 0 Å². The summed E-state index contributed by atoms with van der Waals surface area (Å²) in [6.07, 6.45) is 9.71. The number of nitrogen functional groups attached to an aromatic ring is 1. The lowest BCUT2D eigenvalue weighted by molar-refractivity contribution is 0.669. The molecule has 0 spiro atoms. The number of H-pyrrole nitrogens is 1. The van der Waals surface area contributed by atoms with Gasteiger partial charge in [0.1, 0.15) is 11.3 Å². The Morgan fingerprint density at radius 3 is 2.85 bits per heavy atom. The van der Waals surface area contributed by atoms with Crippen molar-refractivity contribution < 1.29 is 0 Å². The van der Waals surface area contributed by atoms with E-state index in [2.05, 4.69) is 49.9 Å². The van der Waals surface area contributed by atoms with Crippen LogP contribution in [-0.2, 0) is 25.8 Å². The summed E-state index contributed by atoms with van der Waals surface area (Å²) in [4.78, 5) is 4.19. The second kappa shape index (κ2) is 6.50. The lowest BCUT2D eigenvalue weighted by atomic mass is 9.90. The molecule has 0 saturated heterocycles. The average molecular weight is 359 g/mol. The maximum absolute atomic E-state index is 5.89. The Labute approximate surface area is 156 Å². The van der Waals surface area contributed by atoms with Gasteiger partial charge < -0.3 is 5.73 Å². The number of aromatic amines is 1. The molecule has 5 rings (SSSR count). The van der Waals surface area contributed by atoms with E-state index in [-0.39, 0.29) is 0 Å². The van der Waals surface area contributed by atoms with Gasteiger partial charge in [-0.1, -0.05) is 18.2 Å². The van der Waals surface area contributed by atoms with Crippen molar-refractivity contribution in [1.29, 1.82) is 0 Å².